The number of rotatable bonds is 4. The van der Waals surface area contributed by atoms with E-state index in [0.717, 1.165) is 12.0 Å². The lowest BCUT2D eigenvalue weighted by Gasteiger charge is -2.32. The Morgan fingerprint density at radius 3 is 2.90 bits per heavy atom. The summed E-state index contributed by atoms with van der Waals surface area (Å²) < 4.78 is 24.2. The number of ether oxygens (including phenoxy) is 2. The summed E-state index contributed by atoms with van der Waals surface area (Å²) in [6, 6.07) is 4.69. The van der Waals surface area contributed by atoms with Gasteiger partial charge in [-0.3, -0.25) is 0 Å². The van der Waals surface area contributed by atoms with Crippen molar-refractivity contribution in [3.63, 3.8) is 0 Å². The summed E-state index contributed by atoms with van der Waals surface area (Å²) in [6.07, 6.45) is 1.89. The number of aryl methyl sites for hydroxylation is 1. The lowest BCUT2D eigenvalue weighted by molar-refractivity contribution is -0.149. The van der Waals surface area contributed by atoms with Crippen LogP contribution in [0.4, 0.5) is 10.1 Å². The fourth-order valence-electron chi connectivity index (χ4n) is 2.68. The predicted octanol–water partition coefficient (Wildman–Crippen LogP) is 3.05. The molecule has 0 saturated carbocycles. The van der Waals surface area contributed by atoms with E-state index < -0.39 is 5.54 Å². The van der Waals surface area contributed by atoms with Gasteiger partial charge in [0.25, 0.3) is 0 Å². The predicted molar refractivity (Wildman–Crippen MR) is 78.8 cm³/mol. The second-order valence-electron chi connectivity index (χ2n) is 5.41. The molecule has 1 heterocycles. The Labute approximate surface area is 124 Å². The van der Waals surface area contributed by atoms with Gasteiger partial charge in [0.05, 0.1) is 6.61 Å². The fraction of sp³-hybridized carbons (Fsp3) is 0.562. The Morgan fingerprint density at radius 2 is 2.19 bits per heavy atom. The summed E-state index contributed by atoms with van der Waals surface area (Å²) >= 11 is 0. The quantitative estimate of drug-likeness (QED) is 0.867. The van der Waals surface area contributed by atoms with Gasteiger partial charge >= 0.3 is 5.97 Å². The van der Waals surface area contributed by atoms with Crippen LogP contribution in [0.1, 0.15) is 31.7 Å². The minimum Gasteiger partial charge on any atom is -0.464 e. The number of esters is 1. The molecule has 0 spiro atoms. The molecule has 1 N–H and O–H groups in total. The van der Waals surface area contributed by atoms with Crippen molar-refractivity contribution in [2.24, 2.45) is 0 Å². The van der Waals surface area contributed by atoms with Gasteiger partial charge in [0.2, 0.25) is 0 Å². The van der Waals surface area contributed by atoms with Gasteiger partial charge in [-0.1, -0.05) is 0 Å². The van der Waals surface area contributed by atoms with Gasteiger partial charge in [-0.05, 0) is 50.5 Å². The van der Waals surface area contributed by atoms with Crippen LogP contribution in [-0.4, -0.2) is 31.3 Å². The molecule has 4 nitrogen and oxygen atoms in total. The van der Waals surface area contributed by atoms with Gasteiger partial charge < -0.3 is 14.8 Å². The Hall–Kier alpha value is -1.62. The van der Waals surface area contributed by atoms with Gasteiger partial charge in [0.1, 0.15) is 11.4 Å². The van der Waals surface area contributed by atoms with Crippen LogP contribution in [-0.2, 0) is 14.3 Å². The second-order valence-corrected chi connectivity index (χ2v) is 5.41. The zero-order valence-electron chi connectivity index (χ0n) is 12.6. The maximum Gasteiger partial charge on any atom is 0.331 e. The molecule has 21 heavy (non-hydrogen) atoms. The average molecular weight is 295 g/mol. The molecule has 0 amide bonds. The van der Waals surface area contributed by atoms with Crippen LogP contribution in [0.25, 0.3) is 0 Å². The first-order chi connectivity index (χ1) is 10.1. The Kier molecular flexibility index (Phi) is 5.17. The summed E-state index contributed by atoms with van der Waals surface area (Å²) in [7, 11) is 0. The molecule has 0 aromatic heterocycles. The Bertz CT molecular complexity index is 476. The molecule has 116 valence electrons. The van der Waals surface area contributed by atoms with Crippen LogP contribution in [0.2, 0.25) is 0 Å². The fourth-order valence-corrected chi connectivity index (χ4v) is 2.68. The third kappa shape index (κ3) is 3.94. The zero-order valence-corrected chi connectivity index (χ0v) is 12.6. The molecule has 0 aliphatic carbocycles. The Balaban J connectivity index is 2.28. The smallest absolute Gasteiger partial charge is 0.331 e. The molecule has 2 rings (SSSR count). The van der Waals surface area contributed by atoms with E-state index in [-0.39, 0.29) is 11.8 Å². The van der Waals surface area contributed by atoms with E-state index in [4.69, 9.17) is 9.47 Å². The van der Waals surface area contributed by atoms with Crippen molar-refractivity contribution >= 4 is 11.7 Å². The number of benzene rings is 1. The van der Waals surface area contributed by atoms with Gasteiger partial charge in [0, 0.05) is 25.3 Å². The largest absolute Gasteiger partial charge is 0.464 e. The normalized spacial score (nSPS) is 22.4. The minimum absolute atomic E-state index is 0.294. The number of nitrogens with one attached hydrogen (secondary N) is 1. The highest BCUT2D eigenvalue weighted by atomic mass is 19.1. The van der Waals surface area contributed by atoms with Gasteiger partial charge in [0.15, 0.2) is 0 Å². The third-order valence-corrected chi connectivity index (χ3v) is 3.66. The van der Waals surface area contributed by atoms with E-state index in [2.05, 4.69) is 5.32 Å². The number of anilines is 1. The SMILES string of the molecule is CCOC(=O)C1(Nc2cc(C)cc(F)c2)CCCOCC1. The monoisotopic (exact) mass is 295 g/mol. The highest BCUT2D eigenvalue weighted by Crippen LogP contribution is 2.29. The standard InChI is InChI=1S/C16H22FNO3/c1-3-21-15(19)16(5-4-7-20-8-6-16)18-14-10-12(2)9-13(17)11-14/h9-11,18H,3-8H2,1-2H3. The number of carbonyl (C=O) groups excluding carboxylic acids is 1. The lowest BCUT2D eigenvalue weighted by Crippen LogP contribution is -2.48. The third-order valence-electron chi connectivity index (χ3n) is 3.66. The number of halogens is 1. The molecule has 1 aromatic carbocycles. The summed E-state index contributed by atoms with van der Waals surface area (Å²) in [5, 5.41) is 3.21. The van der Waals surface area contributed by atoms with E-state index in [9.17, 15) is 9.18 Å². The maximum absolute atomic E-state index is 13.6. The molecule has 0 radical (unpaired) electrons. The van der Waals surface area contributed by atoms with E-state index in [1.807, 2.05) is 13.0 Å². The molecule has 5 heteroatoms. The van der Waals surface area contributed by atoms with Gasteiger partial charge in [-0.2, -0.15) is 0 Å². The average Bonchev–Trinajstić information content (AvgIpc) is 2.64. The summed E-state index contributed by atoms with van der Waals surface area (Å²) in [5.41, 5.74) is 0.566. The summed E-state index contributed by atoms with van der Waals surface area (Å²) in [4.78, 5) is 12.4. The van der Waals surface area contributed by atoms with Crippen molar-refractivity contribution in [3.05, 3.63) is 29.6 Å². The first kappa shape index (κ1) is 15.8. The number of hydrogen-bond acceptors (Lipinski definition) is 4. The molecule has 1 unspecified atom stereocenters. The van der Waals surface area contributed by atoms with Crippen molar-refractivity contribution in [1.82, 2.24) is 0 Å². The zero-order chi connectivity index (χ0) is 15.3. The molecular weight excluding hydrogens is 273 g/mol. The minimum atomic E-state index is -0.841. The highest BCUT2D eigenvalue weighted by molar-refractivity contribution is 5.84. The molecule has 1 aliphatic rings. The van der Waals surface area contributed by atoms with Crippen LogP contribution in [0.15, 0.2) is 18.2 Å². The molecule has 1 saturated heterocycles. The van der Waals surface area contributed by atoms with E-state index in [1.54, 1.807) is 6.92 Å². The lowest BCUT2D eigenvalue weighted by atomic mass is 9.90. The van der Waals surface area contributed by atoms with Crippen molar-refractivity contribution < 1.29 is 18.7 Å². The van der Waals surface area contributed by atoms with Gasteiger partial charge in [-0.25, -0.2) is 9.18 Å². The van der Waals surface area contributed by atoms with Crippen LogP contribution in [0.3, 0.4) is 0 Å². The van der Waals surface area contributed by atoms with Crippen molar-refractivity contribution in [2.75, 3.05) is 25.1 Å². The molecular formula is C16H22FNO3. The van der Waals surface area contributed by atoms with Gasteiger partial charge in [-0.15, -0.1) is 0 Å². The van der Waals surface area contributed by atoms with Crippen LogP contribution in [0.5, 0.6) is 0 Å². The molecule has 0 bridgehead atoms. The van der Waals surface area contributed by atoms with Crippen LogP contribution in [0, 0.1) is 12.7 Å². The molecule has 1 aromatic rings. The van der Waals surface area contributed by atoms with Crippen LogP contribution >= 0.6 is 0 Å². The Morgan fingerprint density at radius 1 is 1.38 bits per heavy atom. The topological polar surface area (TPSA) is 47.6 Å². The van der Waals surface area contributed by atoms with E-state index in [1.165, 1.54) is 12.1 Å². The van der Waals surface area contributed by atoms with Crippen LogP contribution < -0.4 is 5.32 Å². The first-order valence-corrected chi connectivity index (χ1v) is 7.36. The molecule has 1 fully saturated rings. The van der Waals surface area contributed by atoms with E-state index in [0.29, 0.717) is 38.3 Å². The van der Waals surface area contributed by atoms with Crippen molar-refractivity contribution in [3.8, 4) is 0 Å². The number of carbonyl (C=O) groups is 1. The van der Waals surface area contributed by atoms with E-state index >= 15 is 0 Å². The maximum atomic E-state index is 13.6. The van der Waals surface area contributed by atoms with Crippen molar-refractivity contribution in [2.45, 2.75) is 38.6 Å². The molecule has 1 aliphatic heterocycles. The first-order valence-electron chi connectivity index (χ1n) is 7.36. The molecule has 1 atom stereocenters. The van der Waals surface area contributed by atoms with Crippen molar-refractivity contribution in [1.29, 1.82) is 0 Å². The second kappa shape index (κ2) is 6.89. The highest BCUT2D eigenvalue weighted by Gasteiger charge is 2.40. The number of hydrogen-bond donors (Lipinski definition) is 1. The summed E-state index contributed by atoms with van der Waals surface area (Å²) in [5.74, 6) is -0.612. The summed E-state index contributed by atoms with van der Waals surface area (Å²) in [6.45, 7) is 5.04.